The third-order valence-electron chi connectivity index (χ3n) is 4.33. The first-order valence-corrected chi connectivity index (χ1v) is 10.4. The molecule has 3 rings (SSSR count). The normalized spacial score (nSPS) is 11.3. The number of rotatable bonds is 6. The van der Waals surface area contributed by atoms with Gasteiger partial charge in [-0.3, -0.25) is 9.52 Å². The second-order valence-corrected chi connectivity index (χ2v) is 8.30. The molecule has 0 saturated carbocycles. The Morgan fingerprint density at radius 3 is 2.38 bits per heavy atom. The number of aromatic nitrogens is 2. The first-order chi connectivity index (χ1) is 13.7. The van der Waals surface area contributed by atoms with Crippen LogP contribution in [0.15, 0.2) is 41.3 Å². The van der Waals surface area contributed by atoms with Crippen molar-refractivity contribution in [2.24, 2.45) is 0 Å². The molecule has 0 aliphatic rings. The van der Waals surface area contributed by atoms with E-state index in [1.54, 1.807) is 38.1 Å². The quantitative estimate of drug-likeness (QED) is 0.597. The van der Waals surface area contributed by atoms with Crippen molar-refractivity contribution in [1.82, 2.24) is 9.97 Å². The fourth-order valence-corrected chi connectivity index (χ4v) is 4.70. The number of aryl methyl sites for hydroxylation is 3. The lowest BCUT2D eigenvalue weighted by Crippen LogP contribution is -2.19. The summed E-state index contributed by atoms with van der Waals surface area (Å²) in [4.78, 5) is 20.2. The standard InChI is InChI=1S/C20H22N4O4S/c1-12-9-13(2)18(14(3)10-12)29(26,27)24-19-15-7-5-6-8-16(15)22-20(23-19)21-11-17(25)28-4/h5-10H,11H2,1-4H3,(H2,21,22,23,24). The van der Waals surface area contributed by atoms with Crippen LogP contribution in [0.4, 0.5) is 11.8 Å². The van der Waals surface area contributed by atoms with Gasteiger partial charge in [-0.25, -0.2) is 13.4 Å². The van der Waals surface area contributed by atoms with E-state index in [2.05, 4.69) is 24.7 Å². The van der Waals surface area contributed by atoms with Crippen molar-refractivity contribution in [2.75, 3.05) is 23.7 Å². The molecule has 1 aromatic heterocycles. The lowest BCUT2D eigenvalue weighted by molar-refractivity contribution is -0.138. The maximum atomic E-state index is 13.2. The molecule has 9 heteroatoms. The van der Waals surface area contributed by atoms with Gasteiger partial charge in [-0.05, 0) is 44.0 Å². The molecule has 0 saturated heterocycles. The van der Waals surface area contributed by atoms with E-state index in [0.717, 1.165) is 5.56 Å². The Labute approximate surface area is 169 Å². The number of methoxy groups -OCH3 is 1. The monoisotopic (exact) mass is 414 g/mol. The number of anilines is 2. The summed E-state index contributed by atoms with van der Waals surface area (Å²) >= 11 is 0. The summed E-state index contributed by atoms with van der Waals surface area (Å²) in [7, 11) is -2.62. The number of ether oxygens (including phenoxy) is 1. The van der Waals surface area contributed by atoms with Gasteiger partial charge in [0.2, 0.25) is 5.95 Å². The minimum atomic E-state index is -3.90. The molecule has 0 aliphatic carbocycles. The molecule has 0 unspecified atom stereocenters. The van der Waals surface area contributed by atoms with Crippen LogP contribution in [0.5, 0.6) is 0 Å². The summed E-state index contributed by atoms with van der Waals surface area (Å²) in [5, 5.41) is 3.30. The number of hydrogen-bond donors (Lipinski definition) is 2. The first kappa shape index (κ1) is 20.5. The predicted octanol–water partition coefficient (Wildman–Crippen LogP) is 2.94. The molecule has 0 aliphatic heterocycles. The minimum absolute atomic E-state index is 0.115. The Morgan fingerprint density at radius 2 is 1.72 bits per heavy atom. The molecular formula is C20H22N4O4S. The predicted molar refractivity (Wildman–Crippen MR) is 112 cm³/mol. The number of hydrogen-bond acceptors (Lipinski definition) is 7. The number of sulfonamides is 1. The Kier molecular flexibility index (Phi) is 5.69. The molecule has 1 heterocycles. The number of nitrogens with one attached hydrogen (secondary N) is 2. The van der Waals surface area contributed by atoms with Crippen LogP contribution in [0.3, 0.4) is 0 Å². The van der Waals surface area contributed by atoms with E-state index in [-0.39, 0.29) is 23.2 Å². The zero-order chi connectivity index (χ0) is 21.2. The van der Waals surface area contributed by atoms with Gasteiger partial charge in [0.05, 0.1) is 17.5 Å². The van der Waals surface area contributed by atoms with Gasteiger partial charge in [-0.2, -0.15) is 4.98 Å². The van der Waals surface area contributed by atoms with E-state index in [0.29, 0.717) is 22.0 Å². The lowest BCUT2D eigenvalue weighted by atomic mass is 10.1. The van der Waals surface area contributed by atoms with Crippen molar-refractivity contribution < 1.29 is 17.9 Å². The van der Waals surface area contributed by atoms with E-state index >= 15 is 0 Å². The molecular weight excluding hydrogens is 392 g/mol. The Hall–Kier alpha value is -3.20. The highest BCUT2D eigenvalue weighted by Gasteiger charge is 2.22. The van der Waals surface area contributed by atoms with Gasteiger partial charge in [0.15, 0.2) is 5.82 Å². The van der Waals surface area contributed by atoms with Gasteiger partial charge >= 0.3 is 5.97 Å². The first-order valence-electron chi connectivity index (χ1n) is 8.89. The van der Waals surface area contributed by atoms with Gasteiger partial charge in [0, 0.05) is 5.39 Å². The van der Waals surface area contributed by atoms with Crippen LogP contribution in [0.2, 0.25) is 0 Å². The van der Waals surface area contributed by atoms with E-state index in [1.165, 1.54) is 7.11 Å². The van der Waals surface area contributed by atoms with Crippen LogP contribution < -0.4 is 10.0 Å². The fraction of sp³-hybridized carbons (Fsp3) is 0.250. The Balaban J connectivity index is 2.06. The third kappa shape index (κ3) is 4.45. The van der Waals surface area contributed by atoms with Crippen molar-refractivity contribution in [3.8, 4) is 0 Å². The van der Waals surface area contributed by atoms with Gasteiger partial charge in [-0.15, -0.1) is 0 Å². The van der Waals surface area contributed by atoms with E-state index < -0.39 is 16.0 Å². The second-order valence-electron chi connectivity index (χ2n) is 6.68. The average molecular weight is 414 g/mol. The zero-order valence-corrected chi connectivity index (χ0v) is 17.4. The maximum absolute atomic E-state index is 13.2. The van der Waals surface area contributed by atoms with Crippen LogP contribution in [0.1, 0.15) is 16.7 Å². The molecule has 0 fully saturated rings. The summed E-state index contributed by atoms with van der Waals surface area (Å²) < 4.78 is 33.5. The van der Waals surface area contributed by atoms with Crippen molar-refractivity contribution in [1.29, 1.82) is 0 Å². The smallest absolute Gasteiger partial charge is 0.325 e. The van der Waals surface area contributed by atoms with Crippen molar-refractivity contribution in [3.05, 3.63) is 53.1 Å². The van der Waals surface area contributed by atoms with Crippen LogP contribution in [0, 0.1) is 20.8 Å². The molecule has 8 nitrogen and oxygen atoms in total. The minimum Gasteiger partial charge on any atom is -0.468 e. The van der Waals surface area contributed by atoms with Gasteiger partial charge < -0.3 is 10.1 Å². The molecule has 0 amide bonds. The number of esters is 1. The van der Waals surface area contributed by atoms with Crippen LogP contribution in [0.25, 0.3) is 10.9 Å². The molecule has 3 aromatic rings. The van der Waals surface area contributed by atoms with Gasteiger partial charge in [0.25, 0.3) is 10.0 Å². The van der Waals surface area contributed by atoms with Crippen molar-refractivity contribution in [3.63, 3.8) is 0 Å². The Morgan fingerprint density at radius 1 is 1.07 bits per heavy atom. The van der Waals surface area contributed by atoms with Crippen LogP contribution in [-0.2, 0) is 19.6 Å². The summed E-state index contributed by atoms with van der Waals surface area (Å²) in [6, 6.07) is 10.7. The van der Waals surface area contributed by atoms with Gasteiger partial charge in [0.1, 0.15) is 6.54 Å². The molecule has 2 N–H and O–H groups in total. The van der Waals surface area contributed by atoms with E-state index in [9.17, 15) is 13.2 Å². The van der Waals surface area contributed by atoms with Gasteiger partial charge in [-0.1, -0.05) is 29.8 Å². The van der Waals surface area contributed by atoms with Crippen molar-refractivity contribution >= 4 is 38.7 Å². The lowest BCUT2D eigenvalue weighted by Gasteiger charge is -2.15. The maximum Gasteiger partial charge on any atom is 0.325 e. The van der Waals surface area contributed by atoms with E-state index in [1.807, 2.05) is 19.1 Å². The largest absolute Gasteiger partial charge is 0.468 e. The van der Waals surface area contributed by atoms with E-state index in [4.69, 9.17) is 0 Å². The summed E-state index contributed by atoms with van der Waals surface area (Å²) in [6.07, 6.45) is 0. The van der Waals surface area contributed by atoms with Crippen molar-refractivity contribution in [2.45, 2.75) is 25.7 Å². The number of carbonyl (C=O) groups excluding carboxylic acids is 1. The molecule has 0 radical (unpaired) electrons. The zero-order valence-electron chi connectivity index (χ0n) is 16.6. The number of fused-ring (bicyclic) bond motifs is 1. The SMILES string of the molecule is COC(=O)CNc1nc(NS(=O)(=O)c2c(C)cc(C)cc2C)c2ccccc2n1. The highest BCUT2D eigenvalue weighted by atomic mass is 32.2. The Bertz CT molecular complexity index is 1170. The van der Waals surface area contributed by atoms with Crippen LogP contribution in [-0.4, -0.2) is 38.0 Å². The average Bonchev–Trinajstić information content (AvgIpc) is 2.64. The molecule has 29 heavy (non-hydrogen) atoms. The number of para-hydroxylation sites is 1. The highest BCUT2D eigenvalue weighted by Crippen LogP contribution is 2.27. The molecule has 0 spiro atoms. The number of nitrogens with zero attached hydrogens (tertiary/aromatic N) is 2. The number of carbonyl (C=O) groups is 1. The summed E-state index contributed by atoms with van der Waals surface area (Å²) in [5.41, 5.74) is 2.82. The summed E-state index contributed by atoms with van der Waals surface area (Å²) in [6.45, 7) is 5.30. The highest BCUT2D eigenvalue weighted by molar-refractivity contribution is 7.92. The third-order valence-corrected chi connectivity index (χ3v) is 5.97. The van der Waals surface area contributed by atoms with Crippen LogP contribution >= 0.6 is 0 Å². The number of benzene rings is 2. The topological polar surface area (TPSA) is 110 Å². The second kappa shape index (κ2) is 8.04. The summed E-state index contributed by atoms with van der Waals surface area (Å²) in [5.74, 6) is -0.249. The molecule has 152 valence electrons. The molecule has 2 aromatic carbocycles. The fourth-order valence-electron chi connectivity index (χ4n) is 3.23. The molecule has 0 bridgehead atoms. The molecule has 0 atom stereocenters.